The molecule has 10 nitrogen and oxygen atoms in total. The van der Waals surface area contributed by atoms with E-state index in [4.69, 9.17) is 14.2 Å². The molecule has 1 aromatic heterocycles. The lowest BCUT2D eigenvalue weighted by Gasteiger charge is -2.35. The Morgan fingerprint density at radius 2 is 1.58 bits per heavy atom. The van der Waals surface area contributed by atoms with Gasteiger partial charge in [-0.1, -0.05) is 18.2 Å². The normalized spacial score (nSPS) is 17.6. The number of amides is 2. The second-order valence-electron chi connectivity index (χ2n) is 16.6. The number of ketones is 1. The number of nitrogens with zero attached hydrogens (tertiary/aromatic N) is 3. The van der Waals surface area contributed by atoms with Gasteiger partial charge < -0.3 is 24.0 Å². The van der Waals surface area contributed by atoms with E-state index in [-0.39, 0.29) is 49.1 Å². The highest BCUT2D eigenvalue weighted by Crippen LogP contribution is 2.31. The van der Waals surface area contributed by atoms with Crippen LogP contribution in [0, 0.1) is 11.8 Å². The number of Topliss-reactive ketones (excluding diaryl/α,β-unsaturated/α-hetero) is 1. The maximum absolute atomic E-state index is 13.9. The number of benzene rings is 1. The summed E-state index contributed by atoms with van der Waals surface area (Å²) in [5.74, 6) is 0.0182. The second kappa shape index (κ2) is 19.3. The molecule has 2 atom stereocenters. The van der Waals surface area contributed by atoms with Crippen molar-refractivity contribution in [1.29, 1.82) is 0 Å². The smallest absolute Gasteiger partial charge is 0.410 e. The Kier molecular flexibility index (Phi) is 15.2. The monoisotopic (exact) mass is 736 g/mol. The van der Waals surface area contributed by atoms with Gasteiger partial charge in [-0.05, 0) is 121 Å². The van der Waals surface area contributed by atoms with E-state index in [2.05, 4.69) is 4.98 Å². The fraction of sp³-hybridized carbons (Fsp3) is 0.643. The number of carbonyl (C=O) groups is 4. The summed E-state index contributed by atoms with van der Waals surface area (Å²) >= 11 is 0. The van der Waals surface area contributed by atoms with Gasteiger partial charge in [0.05, 0.1) is 6.42 Å². The standard InChI is InChI=1S/C42H60FN3O7/c1-41(2,3)52-39(49)26-34(35-23-32(27-44-28-35)13-12-31-9-7-11-36(24-31)51-22-18-43)25-37(47)33-10-8-19-46(29-33)38(48)15-14-30-16-20-45(21-17-30)40(50)53-42(4,5)6/h7,9,11,23-24,27-28,30,33-34H,8,10,12-22,25-26,29H2,1-6H3/t33-,34+/m1/s1/i43-1. The summed E-state index contributed by atoms with van der Waals surface area (Å²) in [7, 11) is 0. The number of rotatable bonds is 15. The van der Waals surface area contributed by atoms with Gasteiger partial charge in [-0.25, -0.2) is 9.18 Å². The summed E-state index contributed by atoms with van der Waals surface area (Å²) in [5, 5.41) is 0. The fourth-order valence-corrected chi connectivity index (χ4v) is 7.09. The zero-order valence-electron chi connectivity index (χ0n) is 32.7. The zero-order valence-corrected chi connectivity index (χ0v) is 32.7. The van der Waals surface area contributed by atoms with Crippen molar-refractivity contribution in [2.75, 3.05) is 39.5 Å². The van der Waals surface area contributed by atoms with Crippen molar-refractivity contribution in [3.63, 3.8) is 0 Å². The average Bonchev–Trinajstić information content (AvgIpc) is 3.11. The number of likely N-dealkylation sites (tertiary alicyclic amines) is 2. The molecule has 0 saturated carbocycles. The van der Waals surface area contributed by atoms with E-state index in [0.29, 0.717) is 63.5 Å². The molecule has 2 aliphatic heterocycles. The first-order valence-corrected chi connectivity index (χ1v) is 19.3. The number of pyridine rings is 1. The number of carbonyl (C=O) groups excluding carboxylic acids is 4. The average molecular weight is 737 g/mol. The van der Waals surface area contributed by atoms with Crippen LogP contribution in [0.3, 0.4) is 0 Å². The molecule has 292 valence electrons. The molecule has 2 saturated heterocycles. The van der Waals surface area contributed by atoms with Gasteiger partial charge in [-0.15, -0.1) is 0 Å². The van der Waals surface area contributed by atoms with Gasteiger partial charge in [-0.2, -0.15) is 0 Å². The van der Waals surface area contributed by atoms with Crippen molar-refractivity contribution in [1.82, 2.24) is 14.8 Å². The molecule has 4 rings (SSSR count). The fourth-order valence-electron chi connectivity index (χ4n) is 7.09. The number of hydrogen-bond acceptors (Lipinski definition) is 8. The minimum Gasteiger partial charge on any atom is -0.491 e. The number of ether oxygens (including phenoxy) is 3. The van der Waals surface area contributed by atoms with Crippen LogP contribution in [-0.4, -0.2) is 89.2 Å². The predicted octanol–water partition coefficient (Wildman–Crippen LogP) is 7.66. The summed E-state index contributed by atoms with van der Waals surface area (Å²) in [6.07, 6.45) is 9.16. The van der Waals surface area contributed by atoms with E-state index in [9.17, 15) is 23.6 Å². The Hall–Kier alpha value is -4.02. The molecule has 0 radical (unpaired) electrons. The lowest BCUT2D eigenvalue weighted by molar-refractivity contribution is -0.155. The molecule has 0 spiro atoms. The zero-order chi connectivity index (χ0) is 38.6. The van der Waals surface area contributed by atoms with E-state index in [1.54, 1.807) is 17.3 Å². The molecule has 0 bridgehead atoms. The molecule has 2 aromatic rings. The highest BCUT2D eigenvalue weighted by molar-refractivity contribution is 5.84. The summed E-state index contributed by atoms with van der Waals surface area (Å²) in [5.41, 5.74) is 1.65. The molecule has 2 amide bonds. The van der Waals surface area contributed by atoms with Crippen molar-refractivity contribution >= 4 is 23.8 Å². The summed E-state index contributed by atoms with van der Waals surface area (Å²) < 4.78 is 29.2. The number of alkyl halides is 1. The van der Waals surface area contributed by atoms with Gasteiger partial charge in [-0.3, -0.25) is 19.4 Å². The maximum atomic E-state index is 13.9. The van der Waals surface area contributed by atoms with E-state index in [0.717, 1.165) is 42.4 Å². The molecule has 3 heterocycles. The van der Waals surface area contributed by atoms with Gasteiger partial charge in [0.1, 0.15) is 36.0 Å². The Balaban J connectivity index is 1.34. The van der Waals surface area contributed by atoms with Crippen LogP contribution in [0.1, 0.15) is 116 Å². The van der Waals surface area contributed by atoms with Gasteiger partial charge in [0.15, 0.2) is 0 Å². The number of hydrogen-bond donors (Lipinski definition) is 0. The highest BCUT2D eigenvalue weighted by Gasteiger charge is 2.33. The minimum absolute atomic E-state index is 0.0156. The Morgan fingerprint density at radius 3 is 2.28 bits per heavy atom. The molecule has 1 aromatic carbocycles. The minimum atomic E-state index is -0.659. The lowest BCUT2D eigenvalue weighted by Crippen LogP contribution is -2.43. The molecule has 11 heteroatoms. The molecular weight excluding hydrogens is 676 g/mol. The Morgan fingerprint density at radius 1 is 0.868 bits per heavy atom. The third-order valence-electron chi connectivity index (χ3n) is 9.78. The lowest BCUT2D eigenvalue weighted by atomic mass is 9.84. The van der Waals surface area contributed by atoms with Crippen LogP contribution in [0.25, 0.3) is 0 Å². The molecule has 0 aliphatic carbocycles. The molecule has 2 fully saturated rings. The number of esters is 1. The summed E-state index contributed by atoms with van der Waals surface area (Å²) in [6.45, 7) is 12.8. The Labute approximate surface area is 315 Å². The van der Waals surface area contributed by atoms with Crippen LogP contribution in [-0.2, 0) is 36.7 Å². The van der Waals surface area contributed by atoms with Crippen molar-refractivity contribution in [3.05, 3.63) is 59.4 Å². The van der Waals surface area contributed by atoms with E-state index in [1.165, 1.54) is 0 Å². The number of piperidine rings is 2. The number of halogens is 1. The largest absolute Gasteiger partial charge is 0.491 e. The van der Waals surface area contributed by atoms with Crippen LogP contribution in [0.5, 0.6) is 5.75 Å². The van der Waals surface area contributed by atoms with Crippen LogP contribution in [0.2, 0.25) is 0 Å². The quantitative estimate of drug-likeness (QED) is 0.171. The topological polar surface area (TPSA) is 115 Å². The van der Waals surface area contributed by atoms with E-state index >= 15 is 0 Å². The van der Waals surface area contributed by atoms with Crippen LogP contribution in [0.4, 0.5) is 9.18 Å². The van der Waals surface area contributed by atoms with E-state index in [1.807, 2.05) is 76.8 Å². The van der Waals surface area contributed by atoms with Crippen LogP contribution >= 0.6 is 0 Å². The first kappa shape index (κ1) is 41.7. The van der Waals surface area contributed by atoms with Crippen LogP contribution < -0.4 is 4.74 Å². The van der Waals surface area contributed by atoms with Gasteiger partial charge in [0.25, 0.3) is 0 Å². The third-order valence-corrected chi connectivity index (χ3v) is 9.78. The van der Waals surface area contributed by atoms with Gasteiger partial charge >= 0.3 is 12.1 Å². The number of aromatic nitrogens is 1. The molecule has 53 heavy (non-hydrogen) atoms. The van der Waals surface area contributed by atoms with Crippen molar-refractivity contribution < 1.29 is 37.8 Å². The van der Waals surface area contributed by atoms with Crippen molar-refractivity contribution in [2.45, 2.75) is 123 Å². The third kappa shape index (κ3) is 14.4. The van der Waals surface area contributed by atoms with Crippen molar-refractivity contribution in [3.8, 4) is 5.75 Å². The maximum Gasteiger partial charge on any atom is 0.410 e. The van der Waals surface area contributed by atoms with Gasteiger partial charge in [0, 0.05) is 63.3 Å². The van der Waals surface area contributed by atoms with Crippen LogP contribution in [0.15, 0.2) is 42.7 Å². The van der Waals surface area contributed by atoms with Crippen molar-refractivity contribution in [2.24, 2.45) is 11.8 Å². The summed E-state index contributed by atoms with van der Waals surface area (Å²) in [4.78, 5) is 60.9. The predicted molar refractivity (Wildman–Crippen MR) is 201 cm³/mol. The van der Waals surface area contributed by atoms with E-state index < -0.39 is 23.8 Å². The van der Waals surface area contributed by atoms with Gasteiger partial charge in [0.2, 0.25) is 5.91 Å². The first-order chi connectivity index (χ1) is 25.1. The first-order valence-electron chi connectivity index (χ1n) is 19.3. The second-order valence-corrected chi connectivity index (χ2v) is 16.6. The molecule has 0 N–H and O–H groups in total. The molecule has 0 unspecified atom stereocenters. The number of aryl methyl sites for hydroxylation is 2. The SMILES string of the molecule is CC(C)(C)OC(=O)C[C@H](CC(=O)[C@@H]1CCCN(C(=O)CCC2CCN(C(=O)OC(C)(C)C)CC2)C1)c1cncc(CCc2cccc(OCC[18F])c2)c1. The summed E-state index contributed by atoms with van der Waals surface area (Å²) in [6, 6.07) is 9.63. The highest BCUT2D eigenvalue weighted by atomic mass is 18.2. The molecular formula is C42H60FN3O7. The molecule has 2 aliphatic rings. The Bertz CT molecular complexity index is 1530.